The van der Waals surface area contributed by atoms with Crippen molar-refractivity contribution >= 4 is 63.3 Å². The molecule has 1 aromatic heterocycles. The molecule has 0 bridgehead atoms. The molecule has 2 N–H and O–H groups in total. The molecule has 0 aliphatic carbocycles. The average molecular weight is 529 g/mol. The van der Waals surface area contributed by atoms with Gasteiger partial charge in [0.25, 0.3) is 0 Å². The SMILES string of the molecule is O=C(/C=C/c1ccccc1)NC(Nc1nc(-c2ccccc2)c(-c2ccccc2)s1)C(Cl)(Cl)Cl. The van der Waals surface area contributed by atoms with Crippen LogP contribution in [0.25, 0.3) is 27.8 Å². The van der Waals surface area contributed by atoms with Gasteiger partial charge < -0.3 is 10.6 Å². The Morgan fingerprint density at radius 2 is 1.41 bits per heavy atom. The van der Waals surface area contributed by atoms with E-state index in [-0.39, 0.29) is 0 Å². The fourth-order valence-corrected chi connectivity index (χ4v) is 4.56. The number of amides is 1. The van der Waals surface area contributed by atoms with E-state index >= 15 is 0 Å². The molecule has 0 aliphatic heterocycles. The van der Waals surface area contributed by atoms with Crippen molar-refractivity contribution in [3.63, 3.8) is 0 Å². The maximum absolute atomic E-state index is 12.5. The van der Waals surface area contributed by atoms with Gasteiger partial charge in [-0.05, 0) is 17.2 Å². The van der Waals surface area contributed by atoms with Crippen LogP contribution in [-0.2, 0) is 4.79 Å². The van der Waals surface area contributed by atoms with Crippen LogP contribution in [0.15, 0.2) is 97.1 Å². The number of hydrogen-bond donors (Lipinski definition) is 2. The van der Waals surface area contributed by atoms with Crippen LogP contribution in [-0.4, -0.2) is 20.8 Å². The summed E-state index contributed by atoms with van der Waals surface area (Å²) in [6, 6.07) is 29.3. The second kappa shape index (κ2) is 11.1. The Labute approximate surface area is 217 Å². The Bertz CT molecular complexity index is 1200. The van der Waals surface area contributed by atoms with Crippen molar-refractivity contribution in [2.45, 2.75) is 9.96 Å². The molecule has 3 aromatic carbocycles. The molecule has 1 heterocycles. The van der Waals surface area contributed by atoms with Gasteiger partial charge in [0.2, 0.25) is 9.70 Å². The van der Waals surface area contributed by atoms with Crippen LogP contribution < -0.4 is 10.6 Å². The maximum atomic E-state index is 12.5. The first kappa shape index (κ1) is 24.3. The molecule has 34 heavy (non-hydrogen) atoms. The van der Waals surface area contributed by atoms with Gasteiger partial charge in [-0.3, -0.25) is 4.79 Å². The summed E-state index contributed by atoms with van der Waals surface area (Å²) in [4.78, 5) is 18.3. The van der Waals surface area contributed by atoms with Gasteiger partial charge in [-0.2, -0.15) is 0 Å². The van der Waals surface area contributed by atoms with Crippen LogP contribution in [0.4, 0.5) is 5.13 Å². The number of carbonyl (C=O) groups is 1. The molecule has 1 unspecified atom stereocenters. The standard InChI is InChI=1S/C26H20Cl3N3OS/c27-26(28,29)24(30-21(33)17-16-18-10-4-1-5-11-18)32-25-31-22(19-12-6-2-7-13-19)23(34-25)20-14-8-3-9-15-20/h1-17,24H,(H,30,33)(H,31,32)/b17-16+. The Balaban J connectivity index is 1.60. The lowest BCUT2D eigenvalue weighted by atomic mass is 10.1. The molecule has 0 saturated carbocycles. The van der Waals surface area contributed by atoms with E-state index in [4.69, 9.17) is 39.8 Å². The van der Waals surface area contributed by atoms with E-state index < -0.39 is 15.9 Å². The van der Waals surface area contributed by atoms with Crippen LogP contribution in [0.5, 0.6) is 0 Å². The van der Waals surface area contributed by atoms with Crippen molar-refractivity contribution in [1.29, 1.82) is 0 Å². The molecule has 1 atom stereocenters. The van der Waals surface area contributed by atoms with Gasteiger partial charge in [0.1, 0.15) is 6.17 Å². The highest BCUT2D eigenvalue weighted by molar-refractivity contribution is 7.19. The predicted octanol–water partition coefficient (Wildman–Crippen LogP) is 7.41. The lowest BCUT2D eigenvalue weighted by molar-refractivity contribution is -0.116. The van der Waals surface area contributed by atoms with Gasteiger partial charge in [-0.1, -0.05) is 137 Å². The van der Waals surface area contributed by atoms with Crippen LogP contribution in [0.1, 0.15) is 5.56 Å². The minimum Gasteiger partial charge on any atom is -0.338 e. The lowest BCUT2D eigenvalue weighted by Gasteiger charge is -2.25. The zero-order chi connectivity index (χ0) is 24.0. The molecular weight excluding hydrogens is 509 g/mol. The summed E-state index contributed by atoms with van der Waals surface area (Å²) in [5, 5.41) is 6.33. The highest BCUT2D eigenvalue weighted by atomic mass is 35.6. The molecule has 172 valence electrons. The topological polar surface area (TPSA) is 54.0 Å². The number of anilines is 1. The summed E-state index contributed by atoms with van der Waals surface area (Å²) in [6.07, 6.45) is 2.08. The number of rotatable bonds is 7. The zero-order valence-electron chi connectivity index (χ0n) is 17.8. The van der Waals surface area contributed by atoms with E-state index in [2.05, 4.69) is 10.6 Å². The highest BCUT2D eigenvalue weighted by Gasteiger charge is 2.34. The second-order valence-electron chi connectivity index (χ2n) is 7.30. The van der Waals surface area contributed by atoms with E-state index in [9.17, 15) is 4.79 Å². The monoisotopic (exact) mass is 527 g/mol. The number of halogens is 3. The Kier molecular flexibility index (Phi) is 7.91. The molecule has 0 aliphatic rings. The second-order valence-corrected chi connectivity index (χ2v) is 10.7. The molecule has 1 amide bonds. The largest absolute Gasteiger partial charge is 0.338 e. The average Bonchev–Trinajstić information content (AvgIpc) is 3.27. The van der Waals surface area contributed by atoms with E-state index in [1.54, 1.807) is 6.08 Å². The minimum atomic E-state index is -1.82. The summed E-state index contributed by atoms with van der Waals surface area (Å²) >= 11 is 20.0. The fourth-order valence-electron chi connectivity index (χ4n) is 3.21. The molecule has 4 nitrogen and oxygen atoms in total. The Morgan fingerprint density at radius 1 is 0.853 bits per heavy atom. The fraction of sp³-hybridized carbons (Fsp3) is 0.0769. The molecule has 8 heteroatoms. The molecular formula is C26H20Cl3N3OS. The number of benzene rings is 3. The summed E-state index contributed by atoms with van der Waals surface area (Å²) < 4.78 is -1.82. The van der Waals surface area contributed by atoms with E-state index in [1.165, 1.54) is 17.4 Å². The minimum absolute atomic E-state index is 0.407. The number of aromatic nitrogens is 1. The molecule has 0 fully saturated rings. The number of carbonyl (C=O) groups excluding carboxylic acids is 1. The van der Waals surface area contributed by atoms with Crippen molar-refractivity contribution in [3.05, 3.63) is 103 Å². The Hall–Kier alpha value is -2.83. The number of alkyl halides is 3. The first-order valence-corrected chi connectivity index (χ1v) is 12.3. The number of nitrogens with one attached hydrogen (secondary N) is 2. The van der Waals surface area contributed by atoms with Gasteiger partial charge in [-0.15, -0.1) is 0 Å². The Morgan fingerprint density at radius 3 is 2.00 bits per heavy atom. The van der Waals surface area contributed by atoms with Crippen molar-refractivity contribution in [2.24, 2.45) is 0 Å². The third kappa shape index (κ3) is 6.39. The molecule has 0 radical (unpaired) electrons. The normalized spacial score (nSPS) is 12.4. The van der Waals surface area contributed by atoms with Gasteiger partial charge >= 0.3 is 0 Å². The molecule has 4 rings (SSSR count). The van der Waals surface area contributed by atoms with Crippen molar-refractivity contribution < 1.29 is 4.79 Å². The number of nitrogens with zero attached hydrogens (tertiary/aromatic N) is 1. The van der Waals surface area contributed by atoms with Crippen molar-refractivity contribution in [2.75, 3.05) is 5.32 Å². The smallest absolute Gasteiger partial charge is 0.245 e. The number of hydrogen-bond acceptors (Lipinski definition) is 4. The van der Waals surface area contributed by atoms with E-state index in [1.807, 2.05) is 91.0 Å². The van der Waals surface area contributed by atoms with Gasteiger partial charge in [0.05, 0.1) is 10.6 Å². The first-order chi connectivity index (χ1) is 16.4. The molecule has 0 saturated heterocycles. The van der Waals surface area contributed by atoms with Gasteiger partial charge in [0, 0.05) is 11.6 Å². The quantitative estimate of drug-likeness (QED) is 0.149. The number of thiazole rings is 1. The van der Waals surface area contributed by atoms with Crippen molar-refractivity contribution in [1.82, 2.24) is 10.3 Å². The summed E-state index contributed by atoms with van der Waals surface area (Å²) in [6.45, 7) is 0. The summed E-state index contributed by atoms with van der Waals surface area (Å²) in [5.41, 5.74) is 3.67. The summed E-state index contributed by atoms with van der Waals surface area (Å²) in [5.74, 6) is -0.407. The van der Waals surface area contributed by atoms with Crippen LogP contribution in [0.2, 0.25) is 0 Å². The molecule has 0 spiro atoms. The highest BCUT2D eigenvalue weighted by Crippen LogP contribution is 2.40. The third-order valence-corrected chi connectivity index (χ3v) is 6.51. The maximum Gasteiger partial charge on any atom is 0.245 e. The van der Waals surface area contributed by atoms with Crippen LogP contribution in [0, 0.1) is 0 Å². The predicted molar refractivity (Wildman–Crippen MR) is 144 cm³/mol. The zero-order valence-corrected chi connectivity index (χ0v) is 20.9. The van der Waals surface area contributed by atoms with E-state index in [0.717, 1.165) is 27.3 Å². The first-order valence-electron chi connectivity index (χ1n) is 10.4. The van der Waals surface area contributed by atoms with Gasteiger partial charge in [-0.25, -0.2) is 4.98 Å². The molecule has 4 aromatic rings. The van der Waals surface area contributed by atoms with E-state index in [0.29, 0.717) is 5.13 Å². The third-order valence-electron chi connectivity index (χ3n) is 4.82. The summed E-state index contributed by atoms with van der Waals surface area (Å²) in [7, 11) is 0. The van der Waals surface area contributed by atoms with Crippen LogP contribution >= 0.6 is 46.1 Å². The van der Waals surface area contributed by atoms with Crippen LogP contribution in [0.3, 0.4) is 0 Å². The lowest BCUT2D eigenvalue weighted by Crippen LogP contribution is -2.48. The van der Waals surface area contributed by atoms with Crippen molar-refractivity contribution in [3.8, 4) is 21.7 Å². The van der Waals surface area contributed by atoms with Gasteiger partial charge in [0.15, 0.2) is 5.13 Å².